The molecule has 3 aromatic heterocycles. The van der Waals surface area contributed by atoms with Gasteiger partial charge in [0, 0.05) is 0 Å². The number of nitrogens with zero attached hydrogens (tertiary/aromatic N) is 4. The number of H-pyrrole nitrogens is 1. The molecule has 0 aromatic carbocycles. The Hall–Kier alpha value is -3.72. The molecule has 0 aliphatic carbocycles. The average molecular weight is 695 g/mol. The number of aromatic amines is 1. The SMILES string of the molecule is Nc1nc2c(ncn2C2=C3O[PH](O)(O)OCc4oc(N5C=CC6C(Cl)NCNC65)c(O)c4O[PH](O)(O)O/C=C(/O2)[C@H]3O)c(=O)[nH]1. The molecular weight excluding hydrogens is 670 g/mol. The van der Waals surface area contributed by atoms with E-state index in [1.54, 1.807) is 12.3 Å². The zero-order chi connectivity index (χ0) is 31.8. The quantitative estimate of drug-likeness (QED) is 0.0854. The van der Waals surface area contributed by atoms with Crippen molar-refractivity contribution < 1.29 is 57.0 Å². The van der Waals surface area contributed by atoms with Crippen LogP contribution in [0.1, 0.15) is 5.76 Å². The van der Waals surface area contributed by atoms with Crippen molar-refractivity contribution in [2.45, 2.75) is 24.4 Å². The maximum absolute atomic E-state index is 12.3. The van der Waals surface area contributed by atoms with Gasteiger partial charge in [0.15, 0.2) is 0 Å². The molecule has 3 aromatic rings. The van der Waals surface area contributed by atoms with E-state index in [1.165, 1.54) is 4.90 Å². The van der Waals surface area contributed by atoms with Gasteiger partial charge in [-0.05, 0) is 0 Å². The van der Waals surface area contributed by atoms with Gasteiger partial charge in [-0.2, -0.15) is 0 Å². The number of imidazole rings is 1. The molecule has 11 N–H and O–H groups in total. The number of halogens is 1. The van der Waals surface area contributed by atoms with Crippen molar-refractivity contribution in [3.8, 4) is 11.5 Å². The summed E-state index contributed by atoms with van der Waals surface area (Å²) in [6.07, 6.45) is 2.50. The van der Waals surface area contributed by atoms with Crippen molar-refractivity contribution in [2.75, 3.05) is 17.3 Å². The van der Waals surface area contributed by atoms with Crippen LogP contribution in [-0.4, -0.2) is 73.7 Å². The zero-order valence-corrected chi connectivity index (χ0v) is 25.1. The van der Waals surface area contributed by atoms with E-state index < -0.39 is 80.9 Å². The minimum absolute atomic E-state index is 0.173. The summed E-state index contributed by atoms with van der Waals surface area (Å²) in [5.74, 6) is -4.30. The first-order valence-corrected chi connectivity index (χ1v) is 16.7. The summed E-state index contributed by atoms with van der Waals surface area (Å²) in [6.45, 7) is -0.548. The Morgan fingerprint density at radius 2 is 1.96 bits per heavy atom. The topological polar surface area (TPSA) is 298 Å². The molecule has 24 heteroatoms. The third-order valence-corrected chi connectivity index (χ3v) is 9.34. The predicted molar refractivity (Wildman–Crippen MR) is 154 cm³/mol. The van der Waals surface area contributed by atoms with E-state index in [0.29, 0.717) is 12.9 Å². The molecule has 45 heavy (non-hydrogen) atoms. The van der Waals surface area contributed by atoms with Crippen LogP contribution in [0.25, 0.3) is 17.0 Å². The third kappa shape index (κ3) is 5.23. The fourth-order valence-corrected chi connectivity index (χ4v) is 6.95. The number of ether oxygens (including phenoxy) is 1. The molecule has 0 amide bonds. The number of nitrogen functional groups attached to an aromatic ring is 1. The average Bonchev–Trinajstić information content (AvgIpc) is 3.72. The Morgan fingerprint density at radius 1 is 1.16 bits per heavy atom. The summed E-state index contributed by atoms with van der Waals surface area (Å²) in [5.41, 5.74) is 4.11. The van der Waals surface area contributed by atoms with Crippen molar-refractivity contribution in [3.05, 3.63) is 52.5 Å². The summed E-state index contributed by atoms with van der Waals surface area (Å²) < 4.78 is 33.2. The standard InChI is InChI=1S/C21H25ClN8O13P2/c22-15-7-1-2-29(16(7)25-5-24-15)19-12(32)13-9(41-19)4-39-45(36,37)43-14-11(31)8(3-38-44(34,35)42-13)40-20(14)30-6-26-10-17(30)27-21(23)28-18(10)33/h1-3,6-7,11,15-16,24-25,31-32,34-37,44-45H,4-5H2,(H3,23,27,28,33)/b8-3+/t7?,11-,15?,16?/m1/s1. The van der Waals surface area contributed by atoms with E-state index in [-0.39, 0.29) is 28.9 Å². The fraction of sp³-hybridized carbons (Fsp3) is 0.286. The van der Waals surface area contributed by atoms with E-state index >= 15 is 0 Å². The second-order valence-corrected chi connectivity index (χ2v) is 13.5. The Bertz CT molecular complexity index is 1840. The number of furan rings is 1. The molecule has 1 saturated heterocycles. The van der Waals surface area contributed by atoms with Gasteiger partial charge in [-0.25, -0.2) is 0 Å². The van der Waals surface area contributed by atoms with Gasteiger partial charge in [0.1, 0.15) is 0 Å². The molecule has 0 spiro atoms. The third-order valence-electron chi connectivity index (χ3n) is 6.99. The summed E-state index contributed by atoms with van der Waals surface area (Å²) in [7, 11) is -10.6. The van der Waals surface area contributed by atoms with Gasteiger partial charge < -0.3 is 0 Å². The van der Waals surface area contributed by atoms with Crippen LogP contribution in [0.5, 0.6) is 11.5 Å². The molecule has 7 heterocycles. The Balaban J connectivity index is 1.27. The summed E-state index contributed by atoms with van der Waals surface area (Å²) >= 11 is 6.35. The summed E-state index contributed by atoms with van der Waals surface area (Å²) in [5, 5.41) is 28.2. The van der Waals surface area contributed by atoms with Gasteiger partial charge in [0.2, 0.25) is 0 Å². The van der Waals surface area contributed by atoms with Crippen LogP contribution in [0.4, 0.5) is 11.8 Å². The molecule has 4 aliphatic heterocycles. The second-order valence-electron chi connectivity index (χ2n) is 9.91. The molecule has 2 bridgehead atoms. The van der Waals surface area contributed by atoms with E-state index in [1.807, 2.05) is 0 Å². The number of nitrogens with two attached hydrogens (primary N) is 1. The first kappa shape index (κ1) is 30.0. The number of hydrogen-bond acceptors (Lipinski definition) is 19. The molecule has 4 atom stereocenters. The van der Waals surface area contributed by atoms with E-state index in [4.69, 9.17) is 44.6 Å². The summed E-state index contributed by atoms with van der Waals surface area (Å²) in [4.78, 5) is 66.8. The number of aliphatic hydroxyl groups is 1. The number of nitrogens with one attached hydrogen (secondary N) is 3. The predicted octanol–water partition coefficient (Wildman–Crippen LogP) is -1.22. The number of fused-ring (bicyclic) bond motifs is 5. The number of anilines is 2. The van der Waals surface area contributed by atoms with E-state index in [2.05, 4.69) is 25.6 Å². The number of rotatable bonds is 2. The van der Waals surface area contributed by atoms with Gasteiger partial charge in [-0.15, -0.1) is 0 Å². The van der Waals surface area contributed by atoms with Crippen molar-refractivity contribution in [1.29, 1.82) is 0 Å². The van der Waals surface area contributed by atoms with Crippen molar-refractivity contribution in [2.24, 2.45) is 5.92 Å². The number of alkyl halides is 1. The monoisotopic (exact) mass is 694 g/mol. The number of aliphatic hydroxyl groups excluding tert-OH is 1. The normalized spacial score (nSPS) is 29.8. The molecule has 1 fully saturated rings. The van der Waals surface area contributed by atoms with Crippen LogP contribution in [0, 0.1) is 5.92 Å². The van der Waals surface area contributed by atoms with Crippen molar-refractivity contribution in [3.63, 3.8) is 0 Å². The van der Waals surface area contributed by atoms with Crippen molar-refractivity contribution >= 4 is 56.8 Å². The van der Waals surface area contributed by atoms with Gasteiger partial charge in [-0.3, -0.25) is 0 Å². The Morgan fingerprint density at radius 3 is 2.76 bits per heavy atom. The molecule has 0 radical (unpaired) electrons. The zero-order valence-electron chi connectivity index (χ0n) is 22.3. The van der Waals surface area contributed by atoms with Gasteiger partial charge in [0.25, 0.3) is 0 Å². The van der Waals surface area contributed by atoms with Gasteiger partial charge in [0.05, 0.1) is 0 Å². The van der Waals surface area contributed by atoms with E-state index in [9.17, 15) is 34.6 Å². The molecule has 244 valence electrons. The van der Waals surface area contributed by atoms with Crippen LogP contribution in [0.3, 0.4) is 0 Å². The molecular formula is C21H25ClN8O13P2. The first-order chi connectivity index (χ1) is 21.3. The number of hydrogen-bond donors (Lipinski definition) is 10. The summed E-state index contributed by atoms with van der Waals surface area (Å²) in [6, 6.07) is 0. The van der Waals surface area contributed by atoms with Crippen molar-refractivity contribution in [1.82, 2.24) is 30.2 Å². The van der Waals surface area contributed by atoms with Crippen LogP contribution >= 0.6 is 27.9 Å². The van der Waals surface area contributed by atoms with Gasteiger partial charge in [-0.1, -0.05) is 0 Å². The Labute approximate surface area is 255 Å². The van der Waals surface area contributed by atoms with E-state index in [0.717, 1.165) is 10.9 Å². The second kappa shape index (κ2) is 10.7. The number of aromatic hydroxyl groups is 1. The van der Waals surface area contributed by atoms with Crippen LogP contribution < -0.4 is 31.4 Å². The number of aromatic nitrogens is 4. The van der Waals surface area contributed by atoms with Crippen LogP contribution in [0.15, 0.2) is 45.6 Å². The van der Waals surface area contributed by atoms with Crippen LogP contribution in [0.2, 0.25) is 0 Å². The Kier molecular flexibility index (Phi) is 7.11. The molecule has 21 nitrogen and oxygen atoms in total. The first-order valence-electron chi connectivity index (χ1n) is 12.9. The molecule has 7 rings (SSSR count). The molecule has 0 saturated carbocycles. The van der Waals surface area contributed by atoms with Crippen LogP contribution in [-0.2, 0) is 24.9 Å². The fourth-order valence-electron chi connectivity index (χ4n) is 4.99. The maximum atomic E-state index is 12.3. The molecule has 3 unspecified atom stereocenters. The molecule has 4 aliphatic rings. The minimum atomic E-state index is -5.30. The van der Waals surface area contributed by atoms with Gasteiger partial charge >= 0.3 is 256 Å².